The molecule has 0 heterocycles. The zero-order chi connectivity index (χ0) is 20.1. The number of benzene rings is 2. The number of amides is 1. The van der Waals surface area contributed by atoms with E-state index in [2.05, 4.69) is 11.4 Å². The molecule has 4 nitrogen and oxygen atoms in total. The molecule has 0 aromatic heterocycles. The van der Waals surface area contributed by atoms with E-state index in [0.717, 1.165) is 12.8 Å². The summed E-state index contributed by atoms with van der Waals surface area (Å²) >= 11 is 0. The highest BCUT2D eigenvalue weighted by Gasteiger charge is 2.44. The number of nitriles is 1. The monoisotopic (exact) mass is 380 g/mol. The fraction of sp³-hybridized carbons (Fsp3) is 0.391. The van der Waals surface area contributed by atoms with Crippen molar-refractivity contribution in [2.24, 2.45) is 5.92 Å². The Morgan fingerprint density at radius 2 is 1.96 bits per heavy atom. The predicted octanol–water partition coefficient (Wildman–Crippen LogP) is 5.18. The summed E-state index contributed by atoms with van der Waals surface area (Å²) in [4.78, 5) is 13.2. The summed E-state index contributed by atoms with van der Waals surface area (Å²) in [6.07, 6.45) is 2.99. The lowest BCUT2D eigenvalue weighted by Crippen LogP contribution is -2.38. The summed E-state index contributed by atoms with van der Waals surface area (Å²) in [5, 5.41) is 12.3. The van der Waals surface area contributed by atoms with Crippen LogP contribution in [-0.2, 0) is 10.2 Å². The van der Waals surface area contributed by atoms with Crippen molar-refractivity contribution in [2.45, 2.75) is 44.9 Å². The van der Waals surface area contributed by atoms with Crippen LogP contribution >= 0.6 is 0 Å². The number of rotatable bonds is 6. The van der Waals surface area contributed by atoms with Gasteiger partial charge in [0.25, 0.3) is 0 Å². The van der Waals surface area contributed by atoms with Gasteiger partial charge in [0, 0.05) is 11.3 Å². The summed E-state index contributed by atoms with van der Waals surface area (Å²) in [6, 6.07) is 13.6. The minimum absolute atomic E-state index is 0.227. The first-order valence-corrected chi connectivity index (χ1v) is 9.69. The lowest BCUT2D eigenvalue weighted by Gasteiger charge is -2.28. The Morgan fingerprint density at radius 1 is 1.25 bits per heavy atom. The van der Waals surface area contributed by atoms with E-state index in [1.165, 1.54) is 6.07 Å². The quantitative estimate of drug-likeness (QED) is 0.751. The Kier molecular flexibility index (Phi) is 5.99. The predicted molar refractivity (Wildman–Crippen MR) is 107 cm³/mol. The molecule has 1 saturated carbocycles. The second kappa shape index (κ2) is 8.43. The largest absolute Gasteiger partial charge is 0.492 e. The molecule has 1 aliphatic carbocycles. The molecule has 0 unspecified atom stereocenters. The Bertz CT molecular complexity index is 896. The van der Waals surface area contributed by atoms with Gasteiger partial charge < -0.3 is 10.1 Å². The van der Waals surface area contributed by atoms with Gasteiger partial charge in [-0.2, -0.15) is 5.26 Å². The molecule has 3 rings (SSSR count). The fourth-order valence-corrected chi connectivity index (χ4v) is 3.77. The highest BCUT2D eigenvalue weighted by molar-refractivity contribution is 5.99. The Balaban J connectivity index is 1.85. The molecule has 1 amide bonds. The van der Waals surface area contributed by atoms with E-state index in [-0.39, 0.29) is 11.7 Å². The molecule has 1 fully saturated rings. The van der Waals surface area contributed by atoms with Crippen LogP contribution in [0.5, 0.6) is 5.75 Å². The average Bonchev–Trinajstić information content (AvgIpc) is 3.18. The van der Waals surface area contributed by atoms with Crippen LogP contribution in [0.1, 0.15) is 50.7 Å². The number of ether oxygens (including phenoxy) is 1. The van der Waals surface area contributed by atoms with Crippen LogP contribution in [0.15, 0.2) is 42.5 Å². The van der Waals surface area contributed by atoms with Crippen molar-refractivity contribution in [1.29, 1.82) is 5.26 Å². The molecule has 1 aliphatic rings. The highest BCUT2D eigenvalue weighted by atomic mass is 19.1. The molecule has 0 aliphatic heterocycles. The third-order valence-electron chi connectivity index (χ3n) is 5.21. The minimum atomic E-state index is -0.870. The molecular formula is C23H25FN2O2. The SMILES string of the molecule is CC(C)COc1ccc(NC(=O)C2(c3ccccc3F)CCCC2)cc1C#N. The molecule has 5 heteroatoms. The van der Waals surface area contributed by atoms with Gasteiger partial charge in [-0.3, -0.25) is 4.79 Å². The maximum Gasteiger partial charge on any atom is 0.235 e. The van der Waals surface area contributed by atoms with Crippen molar-refractivity contribution < 1.29 is 13.9 Å². The van der Waals surface area contributed by atoms with Gasteiger partial charge >= 0.3 is 0 Å². The summed E-state index contributed by atoms with van der Waals surface area (Å²) in [5.74, 6) is 0.261. The number of hydrogen-bond donors (Lipinski definition) is 1. The van der Waals surface area contributed by atoms with E-state index in [1.807, 2.05) is 13.8 Å². The van der Waals surface area contributed by atoms with Crippen LogP contribution in [0.25, 0.3) is 0 Å². The third-order valence-corrected chi connectivity index (χ3v) is 5.21. The summed E-state index contributed by atoms with van der Waals surface area (Å²) in [7, 11) is 0. The second-order valence-corrected chi connectivity index (χ2v) is 7.75. The van der Waals surface area contributed by atoms with Gasteiger partial charge in [-0.1, -0.05) is 44.9 Å². The first kappa shape index (κ1) is 19.9. The van der Waals surface area contributed by atoms with Crippen LogP contribution in [0.3, 0.4) is 0 Å². The summed E-state index contributed by atoms with van der Waals surface area (Å²) in [6.45, 7) is 4.57. The van der Waals surface area contributed by atoms with Gasteiger partial charge in [-0.05, 0) is 43.0 Å². The van der Waals surface area contributed by atoms with Crippen LogP contribution in [-0.4, -0.2) is 12.5 Å². The fourth-order valence-electron chi connectivity index (χ4n) is 3.77. The molecule has 1 N–H and O–H groups in total. The van der Waals surface area contributed by atoms with Crippen LogP contribution in [0, 0.1) is 23.1 Å². The zero-order valence-electron chi connectivity index (χ0n) is 16.3. The topological polar surface area (TPSA) is 62.1 Å². The molecule has 2 aromatic rings. The van der Waals surface area contributed by atoms with Crippen molar-refractivity contribution >= 4 is 11.6 Å². The van der Waals surface area contributed by atoms with Gasteiger partial charge in [-0.15, -0.1) is 0 Å². The number of nitrogens with one attached hydrogen (secondary N) is 1. The first-order valence-electron chi connectivity index (χ1n) is 9.69. The van der Waals surface area contributed by atoms with Crippen molar-refractivity contribution in [1.82, 2.24) is 0 Å². The average molecular weight is 380 g/mol. The minimum Gasteiger partial charge on any atom is -0.492 e. The van der Waals surface area contributed by atoms with Gasteiger partial charge in [0.2, 0.25) is 5.91 Å². The smallest absolute Gasteiger partial charge is 0.235 e. The lowest BCUT2D eigenvalue weighted by atomic mass is 9.77. The van der Waals surface area contributed by atoms with Crippen molar-refractivity contribution in [3.05, 3.63) is 59.4 Å². The van der Waals surface area contributed by atoms with Gasteiger partial charge in [0.05, 0.1) is 17.6 Å². The van der Waals surface area contributed by atoms with Crippen molar-refractivity contribution in [3.63, 3.8) is 0 Å². The number of halogens is 1. The van der Waals surface area contributed by atoms with E-state index >= 15 is 0 Å². The molecule has 146 valence electrons. The van der Waals surface area contributed by atoms with Gasteiger partial charge in [0.1, 0.15) is 17.6 Å². The number of carbonyl (C=O) groups is 1. The van der Waals surface area contributed by atoms with E-state index in [4.69, 9.17) is 4.74 Å². The summed E-state index contributed by atoms with van der Waals surface area (Å²) in [5.41, 5.74) is 0.457. The standard InChI is InChI=1S/C23H25FN2O2/c1-16(2)15-28-21-10-9-18(13-17(21)14-25)26-22(27)23(11-5-6-12-23)19-7-3-4-8-20(19)24/h3-4,7-10,13,16H,5-6,11-12,15H2,1-2H3,(H,26,27). The maximum absolute atomic E-state index is 14.5. The van der Waals surface area contributed by atoms with Crippen LogP contribution < -0.4 is 10.1 Å². The highest BCUT2D eigenvalue weighted by Crippen LogP contribution is 2.43. The van der Waals surface area contributed by atoms with Gasteiger partial charge in [-0.25, -0.2) is 4.39 Å². The molecule has 0 bridgehead atoms. The molecule has 2 aromatic carbocycles. The first-order chi connectivity index (χ1) is 13.5. The lowest BCUT2D eigenvalue weighted by molar-refractivity contribution is -0.121. The number of carbonyl (C=O) groups excluding carboxylic acids is 1. The third kappa shape index (κ3) is 4.01. The van der Waals surface area contributed by atoms with E-state index in [1.54, 1.807) is 36.4 Å². The molecule has 0 atom stereocenters. The number of nitrogens with zero attached hydrogens (tertiary/aromatic N) is 1. The van der Waals surface area contributed by atoms with Crippen LogP contribution in [0.4, 0.5) is 10.1 Å². The molecule has 0 saturated heterocycles. The molecule has 28 heavy (non-hydrogen) atoms. The molecular weight excluding hydrogens is 355 g/mol. The second-order valence-electron chi connectivity index (χ2n) is 7.75. The van der Waals surface area contributed by atoms with Crippen LogP contribution in [0.2, 0.25) is 0 Å². The van der Waals surface area contributed by atoms with E-state index in [9.17, 15) is 14.4 Å². The van der Waals surface area contributed by atoms with Gasteiger partial charge in [0.15, 0.2) is 0 Å². The zero-order valence-corrected chi connectivity index (χ0v) is 16.3. The molecule has 0 radical (unpaired) electrons. The Labute approximate surface area is 165 Å². The normalized spacial score (nSPS) is 15.2. The molecule has 0 spiro atoms. The van der Waals surface area contributed by atoms with Crippen molar-refractivity contribution in [3.8, 4) is 11.8 Å². The Morgan fingerprint density at radius 3 is 2.61 bits per heavy atom. The Hall–Kier alpha value is -2.87. The summed E-state index contributed by atoms with van der Waals surface area (Å²) < 4.78 is 20.1. The number of hydrogen-bond acceptors (Lipinski definition) is 3. The van der Waals surface area contributed by atoms with Crippen molar-refractivity contribution in [2.75, 3.05) is 11.9 Å². The number of anilines is 1. The van der Waals surface area contributed by atoms with E-state index in [0.29, 0.717) is 47.9 Å². The maximum atomic E-state index is 14.5. The van der Waals surface area contributed by atoms with E-state index < -0.39 is 5.41 Å².